The maximum Gasteiger partial charge on any atom is 0.410 e. The molecule has 4 amide bonds. The van der Waals surface area contributed by atoms with Gasteiger partial charge in [0.05, 0.1) is 13.3 Å². The van der Waals surface area contributed by atoms with E-state index in [0.717, 1.165) is 5.69 Å². The average Bonchev–Trinajstić information content (AvgIpc) is 2.87. The van der Waals surface area contributed by atoms with Crippen molar-refractivity contribution in [2.45, 2.75) is 51.2 Å². The van der Waals surface area contributed by atoms with Gasteiger partial charge in [0.25, 0.3) is 0 Å². The molecule has 1 fully saturated rings. The Labute approximate surface area is 228 Å². The van der Waals surface area contributed by atoms with Gasteiger partial charge >= 0.3 is 12.1 Å². The summed E-state index contributed by atoms with van der Waals surface area (Å²) in [7, 11) is 3.18. The molecule has 0 saturated carbocycles. The largest absolute Gasteiger partial charge is 0.495 e. The molecule has 2 atom stereocenters. The predicted molar refractivity (Wildman–Crippen MR) is 146 cm³/mol. The predicted octanol–water partition coefficient (Wildman–Crippen LogP) is 4.51. The minimum atomic E-state index is -0.608. The molecule has 1 aromatic carbocycles. The fraction of sp³-hybridized carbons (Fsp3) is 0.481. The smallest absolute Gasteiger partial charge is 0.410 e. The number of methoxy groups -OCH3 is 1. The first-order valence-corrected chi connectivity index (χ1v) is 12.9. The van der Waals surface area contributed by atoms with Gasteiger partial charge in [-0.3, -0.25) is 9.78 Å². The van der Waals surface area contributed by atoms with E-state index in [-0.39, 0.29) is 36.9 Å². The number of pyridine rings is 1. The van der Waals surface area contributed by atoms with E-state index in [1.807, 2.05) is 12.1 Å². The van der Waals surface area contributed by atoms with E-state index in [9.17, 15) is 14.4 Å². The van der Waals surface area contributed by atoms with Crippen LogP contribution < -0.4 is 15.4 Å². The van der Waals surface area contributed by atoms with Gasteiger partial charge in [-0.25, -0.2) is 9.59 Å². The number of hydrogen-bond donors (Lipinski definition) is 2. The lowest BCUT2D eigenvalue weighted by atomic mass is 9.88. The number of piperidine rings is 1. The van der Waals surface area contributed by atoms with Gasteiger partial charge in [0, 0.05) is 61.5 Å². The zero-order valence-corrected chi connectivity index (χ0v) is 23.2. The molecule has 2 heterocycles. The number of nitrogens with zero attached hydrogens (tertiary/aromatic N) is 3. The summed E-state index contributed by atoms with van der Waals surface area (Å²) in [6.07, 6.45) is 1.85. The molecule has 1 aliphatic rings. The molecule has 206 valence electrons. The van der Waals surface area contributed by atoms with Crippen molar-refractivity contribution in [2.75, 3.05) is 39.1 Å². The lowest BCUT2D eigenvalue weighted by Gasteiger charge is -2.39. The van der Waals surface area contributed by atoms with E-state index < -0.39 is 11.7 Å². The third-order valence-electron chi connectivity index (χ3n) is 6.13. The lowest BCUT2D eigenvalue weighted by molar-refractivity contribution is -0.132. The maximum absolute atomic E-state index is 13.1. The second kappa shape index (κ2) is 12.8. The normalized spacial score (nSPS) is 17.4. The number of benzene rings is 1. The summed E-state index contributed by atoms with van der Waals surface area (Å²) in [5, 5.41) is 6.44. The number of ether oxygens (including phenoxy) is 2. The zero-order chi connectivity index (χ0) is 27.9. The van der Waals surface area contributed by atoms with Gasteiger partial charge < -0.3 is 29.9 Å². The van der Waals surface area contributed by atoms with Crippen molar-refractivity contribution < 1.29 is 23.9 Å². The Hall–Kier alpha value is -3.53. The molecule has 10 nitrogen and oxygen atoms in total. The summed E-state index contributed by atoms with van der Waals surface area (Å²) in [6, 6.07) is 9.90. The first-order chi connectivity index (χ1) is 17.9. The molecule has 0 spiro atoms. The zero-order valence-electron chi connectivity index (χ0n) is 22.5. The molecular formula is C27H36ClN5O5. The van der Waals surface area contributed by atoms with Crippen LogP contribution in [-0.2, 0) is 9.53 Å². The Morgan fingerprint density at radius 1 is 1.16 bits per heavy atom. The molecule has 0 unspecified atom stereocenters. The summed E-state index contributed by atoms with van der Waals surface area (Å²) in [5.41, 5.74) is 0.751. The minimum Gasteiger partial charge on any atom is -0.495 e. The van der Waals surface area contributed by atoms with Crippen LogP contribution in [0, 0.1) is 0 Å². The number of anilines is 1. The van der Waals surface area contributed by atoms with Crippen LogP contribution in [0.3, 0.4) is 0 Å². The van der Waals surface area contributed by atoms with Crippen LogP contribution in [0.1, 0.15) is 45.2 Å². The highest BCUT2D eigenvalue weighted by molar-refractivity contribution is 6.30. The summed E-state index contributed by atoms with van der Waals surface area (Å²) >= 11 is 5.93. The van der Waals surface area contributed by atoms with Crippen molar-refractivity contribution in [1.82, 2.24) is 20.1 Å². The maximum atomic E-state index is 13.1. The SMILES string of the molecule is COc1ccc([C@@H]2CN(C(=O)CCN(C)C(=O)OC(C)(C)C)CC[C@H]2NC(=O)Nc2ccc(Cl)cc2)nc1. The van der Waals surface area contributed by atoms with Crippen LogP contribution in [0.15, 0.2) is 42.6 Å². The molecular weight excluding hydrogens is 510 g/mol. The summed E-state index contributed by atoms with van der Waals surface area (Å²) in [4.78, 5) is 45.8. The number of hydrogen-bond acceptors (Lipinski definition) is 6. The first-order valence-electron chi connectivity index (χ1n) is 12.5. The molecule has 38 heavy (non-hydrogen) atoms. The monoisotopic (exact) mass is 545 g/mol. The number of likely N-dealkylation sites (tertiary alicyclic amines) is 1. The molecule has 0 radical (unpaired) electrons. The minimum absolute atomic E-state index is 0.0806. The highest BCUT2D eigenvalue weighted by Gasteiger charge is 2.34. The van der Waals surface area contributed by atoms with E-state index in [1.54, 1.807) is 70.3 Å². The molecule has 1 aliphatic heterocycles. The van der Waals surface area contributed by atoms with Gasteiger partial charge in [-0.2, -0.15) is 0 Å². The standard InChI is InChI=1S/C27H36ClN5O5/c1-27(2,3)38-26(36)32(4)14-13-24(34)33-15-12-23(21(17-33)22-11-10-20(37-5)16-29-22)31-25(35)30-19-8-6-18(28)7-9-19/h6-11,16,21,23H,12-15,17H2,1-5H3,(H2,30,31,35)/t21-,23+/m0/s1. The molecule has 0 aliphatic carbocycles. The molecule has 3 rings (SSSR count). The van der Waals surface area contributed by atoms with Crippen molar-refractivity contribution in [3.8, 4) is 5.75 Å². The van der Waals surface area contributed by atoms with Gasteiger partial charge in [0.2, 0.25) is 5.91 Å². The van der Waals surface area contributed by atoms with Gasteiger partial charge in [-0.1, -0.05) is 11.6 Å². The third-order valence-corrected chi connectivity index (χ3v) is 6.38. The molecule has 11 heteroatoms. The third kappa shape index (κ3) is 8.51. The van der Waals surface area contributed by atoms with Gasteiger partial charge in [-0.15, -0.1) is 0 Å². The van der Waals surface area contributed by atoms with Crippen molar-refractivity contribution in [3.63, 3.8) is 0 Å². The number of amides is 4. The fourth-order valence-corrected chi connectivity index (χ4v) is 4.23. The second-order valence-corrected chi connectivity index (χ2v) is 10.7. The van der Waals surface area contributed by atoms with Crippen molar-refractivity contribution in [2.24, 2.45) is 0 Å². The molecule has 2 N–H and O–H groups in total. The van der Waals surface area contributed by atoms with Crippen LogP contribution in [0.5, 0.6) is 5.75 Å². The van der Waals surface area contributed by atoms with Crippen LogP contribution in [0.25, 0.3) is 0 Å². The van der Waals surface area contributed by atoms with Crippen molar-refractivity contribution in [3.05, 3.63) is 53.3 Å². The highest BCUT2D eigenvalue weighted by atomic mass is 35.5. The number of nitrogens with one attached hydrogen (secondary N) is 2. The molecule has 1 aromatic heterocycles. The number of halogens is 1. The molecule has 2 aromatic rings. The number of carbonyl (C=O) groups is 3. The Morgan fingerprint density at radius 2 is 1.87 bits per heavy atom. The van der Waals surface area contributed by atoms with Gasteiger partial charge in [0.1, 0.15) is 11.4 Å². The van der Waals surface area contributed by atoms with E-state index in [0.29, 0.717) is 36.0 Å². The van der Waals surface area contributed by atoms with Crippen LogP contribution in [0.2, 0.25) is 5.02 Å². The first kappa shape index (κ1) is 29.0. The molecule has 1 saturated heterocycles. The average molecular weight is 546 g/mol. The van der Waals surface area contributed by atoms with Gasteiger partial charge in [0.15, 0.2) is 0 Å². The quantitative estimate of drug-likeness (QED) is 0.529. The van der Waals surface area contributed by atoms with E-state index in [1.165, 1.54) is 4.90 Å². The fourth-order valence-electron chi connectivity index (χ4n) is 4.10. The second-order valence-electron chi connectivity index (χ2n) is 10.2. The van der Waals surface area contributed by atoms with E-state index in [4.69, 9.17) is 21.1 Å². The Balaban J connectivity index is 1.66. The van der Waals surface area contributed by atoms with Gasteiger partial charge in [-0.05, 0) is 63.6 Å². The highest BCUT2D eigenvalue weighted by Crippen LogP contribution is 2.28. The summed E-state index contributed by atoms with van der Waals surface area (Å²) in [6.45, 7) is 6.47. The van der Waals surface area contributed by atoms with E-state index in [2.05, 4.69) is 15.6 Å². The number of urea groups is 1. The van der Waals surface area contributed by atoms with Crippen LogP contribution in [-0.4, -0.2) is 78.2 Å². The summed E-state index contributed by atoms with van der Waals surface area (Å²) < 4.78 is 10.6. The Morgan fingerprint density at radius 3 is 2.47 bits per heavy atom. The number of aromatic nitrogens is 1. The van der Waals surface area contributed by atoms with Crippen molar-refractivity contribution >= 4 is 35.3 Å². The number of rotatable bonds is 7. The van der Waals surface area contributed by atoms with Crippen LogP contribution >= 0.6 is 11.6 Å². The van der Waals surface area contributed by atoms with Crippen molar-refractivity contribution in [1.29, 1.82) is 0 Å². The molecule has 0 bridgehead atoms. The van der Waals surface area contributed by atoms with Crippen LogP contribution in [0.4, 0.5) is 15.3 Å². The lowest BCUT2D eigenvalue weighted by Crippen LogP contribution is -2.52. The Kier molecular flexibility index (Phi) is 9.79. The topological polar surface area (TPSA) is 113 Å². The summed E-state index contributed by atoms with van der Waals surface area (Å²) in [5.74, 6) is 0.300. The number of carbonyl (C=O) groups excluding carboxylic acids is 3. The van der Waals surface area contributed by atoms with E-state index >= 15 is 0 Å². The Bertz CT molecular complexity index is 1100.